The molecule has 0 radical (unpaired) electrons. The molecule has 0 fully saturated rings. The molecule has 0 heterocycles. The van der Waals surface area contributed by atoms with Crippen LogP contribution in [0, 0.1) is 5.82 Å². The molecular formula is C9H12FNS. The van der Waals surface area contributed by atoms with Crippen molar-refractivity contribution in [2.45, 2.75) is 18.2 Å². The SMILES string of the molecule is CCCSc1cc(F)ccc1N. The molecule has 0 aliphatic heterocycles. The maximum Gasteiger partial charge on any atom is 0.124 e. The number of thioether (sulfide) groups is 1. The summed E-state index contributed by atoms with van der Waals surface area (Å²) in [7, 11) is 0. The van der Waals surface area contributed by atoms with Crippen LogP contribution in [0.25, 0.3) is 0 Å². The van der Waals surface area contributed by atoms with E-state index in [0.29, 0.717) is 5.69 Å². The summed E-state index contributed by atoms with van der Waals surface area (Å²) in [5.74, 6) is 0.760. The predicted molar refractivity (Wildman–Crippen MR) is 51.8 cm³/mol. The molecule has 1 aromatic rings. The minimum Gasteiger partial charge on any atom is -0.398 e. The van der Waals surface area contributed by atoms with Crippen molar-refractivity contribution in [2.75, 3.05) is 11.5 Å². The van der Waals surface area contributed by atoms with Crippen molar-refractivity contribution < 1.29 is 4.39 Å². The molecule has 0 unspecified atom stereocenters. The van der Waals surface area contributed by atoms with E-state index in [0.717, 1.165) is 17.1 Å². The molecule has 12 heavy (non-hydrogen) atoms. The molecule has 0 aliphatic carbocycles. The summed E-state index contributed by atoms with van der Waals surface area (Å²) >= 11 is 1.60. The minimum absolute atomic E-state index is 0.220. The molecule has 1 rings (SSSR count). The Hall–Kier alpha value is -0.700. The summed E-state index contributed by atoms with van der Waals surface area (Å²) < 4.78 is 12.7. The van der Waals surface area contributed by atoms with Gasteiger partial charge in [0.2, 0.25) is 0 Å². The lowest BCUT2D eigenvalue weighted by Crippen LogP contribution is -1.89. The van der Waals surface area contributed by atoms with Crippen molar-refractivity contribution in [1.82, 2.24) is 0 Å². The summed E-state index contributed by atoms with van der Waals surface area (Å²) in [6, 6.07) is 4.47. The minimum atomic E-state index is -0.220. The average Bonchev–Trinajstić information content (AvgIpc) is 2.07. The van der Waals surface area contributed by atoms with Gasteiger partial charge in [0.1, 0.15) is 5.82 Å². The first-order valence-electron chi connectivity index (χ1n) is 3.92. The van der Waals surface area contributed by atoms with E-state index in [2.05, 4.69) is 6.92 Å². The Labute approximate surface area is 76.2 Å². The van der Waals surface area contributed by atoms with E-state index < -0.39 is 0 Å². The Morgan fingerprint density at radius 2 is 2.25 bits per heavy atom. The molecule has 1 aromatic carbocycles. The lowest BCUT2D eigenvalue weighted by molar-refractivity contribution is 0.624. The molecule has 2 N–H and O–H groups in total. The van der Waals surface area contributed by atoms with Gasteiger partial charge < -0.3 is 5.73 Å². The fourth-order valence-corrected chi connectivity index (χ4v) is 1.70. The lowest BCUT2D eigenvalue weighted by atomic mass is 10.3. The number of anilines is 1. The number of hydrogen-bond donors (Lipinski definition) is 1. The highest BCUT2D eigenvalue weighted by atomic mass is 32.2. The van der Waals surface area contributed by atoms with Gasteiger partial charge >= 0.3 is 0 Å². The van der Waals surface area contributed by atoms with Crippen LogP contribution in [0.2, 0.25) is 0 Å². The molecule has 0 bridgehead atoms. The smallest absolute Gasteiger partial charge is 0.124 e. The van der Waals surface area contributed by atoms with Crippen LogP contribution in [0.1, 0.15) is 13.3 Å². The van der Waals surface area contributed by atoms with Gasteiger partial charge in [0.05, 0.1) is 0 Å². The van der Waals surface area contributed by atoms with Crippen molar-refractivity contribution >= 4 is 17.4 Å². The summed E-state index contributed by atoms with van der Waals surface area (Å²) in [6.07, 6.45) is 1.07. The second kappa shape index (κ2) is 4.36. The van der Waals surface area contributed by atoms with Crippen LogP contribution in [0.15, 0.2) is 23.1 Å². The summed E-state index contributed by atoms with van der Waals surface area (Å²) in [5.41, 5.74) is 6.30. The molecule has 0 aliphatic rings. The molecule has 0 aromatic heterocycles. The van der Waals surface area contributed by atoms with E-state index in [4.69, 9.17) is 5.73 Å². The van der Waals surface area contributed by atoms with Gasteiger partial charge in [0.15, 0.2) is 0 Å². The van der Waals surface area contributed by atoms with Crippen LogP contribution in [0.4, 0.5) is 10.1 Å². The first kappa shape index (κ1) is 9.39. The number of nitrogens with two attached hydrogens (primary N) is 1. The van der Waals surface area contributed by atoms with E-state index in [1.807, 2.05) is 0 Å². The van der Waals surface area contributed by atoms with Crippen LogP contribution >= 0.6 is 11.8 Å². The highest BCUT2D eigenvalue weighted by molar-refractivity contribution is 7.99. The zero-order valence-electron chi connectivity index (χ0n) is 7.01. The summed E-state index contributed by atoms with van der Waals surface area (Å²) in [6.45, 7) is 2.09. The van der Waals surface area contributed by atoms with Crippen molar-refractivity contribution in [1.29, 1.82) is 0 Å². The van der Waals surface area contributed by atoms with Crippen molar-refractivity contribution in [3.8, 4) is 0 Å². The molecular weight excluding hydrogens is 173 g/mol. The van der Waals surface area contributed by atoms with Gasteiger partial charge in [0.25, 0.3) is 0 Å². The summed E-state index contributed by atoms with van der Waals surface area (Å²) in [5, 5.41) is 0. The lowest BCUT2D eigenvalue weighted by Gasteiger charge is -2.03. The standard InChI is InChI=1S/C9H12FNS/c1-2-5-12-9-6-7(10)3-4-8(9)11/h3-4,6H,2,5,11H2,1H3. The topological polar surface area (TPSA) is 26.0 Å². The van der Waals surface area contributed by atoms with E-state index in [-0.39, 0.29) is 5.82 Å². The number of hydrogen-bond acceptors (Lipinski definition) is 2. The number of halogens is 1. The average molecular weight is 185 g/mol. The fourth-order valence-electron chi connectivity index (χ4n) is 0.845. The second-order valence-corrected chi connectivity index (χ2v) is 3.67. The Morgan fingerprint density at radius 3 is 2.92 bits per heavy atom. The van der Waals surface area contributed by atoms with Crippen molar-refractivity contribution in [3.63, 3.8) is 0 Å². The Morgan fingerprint density at radius 1 is 1.50 bits per heavy atom. The summed E-state index contributed by atoms with van der Waals surface area (Å²) in [4.78, 5) is 0.844. The zero-order valence-corrected chi connectivity index (χ0v) is 7.83. The van der Waals surface area contributed by atoms with Crippen LogP contribution in [-0.2, 0) is 0 Å². The molecule has 0 saturated carbocycles. The molecule has 1 nitrogen and oxygen atoms in total. The van der Waals surface area contributed by atoms with Crippen LogP contribution in [0.3, 0.4) is 0 Å². The first-order chi connectivity index (χ1) is 5.74. The Balaban J connectivity index is 2.75. The highest BCUT2D eigenvalue weighted by Gasteiger charge is 2.00. The maximum atomic E-state index is 12.7. The molecule has 0 amide bonds. The van der Waals surface area contributed by atoms with Crippen LogP contribution < -0.4 is 5.73 Å². The van der Waals surface area contributed by atoms with Gasteiger partial charge in [-0.1, -0.05) is 6.92 Å². The van der Waals surface area contributed by atoms with E-state index >= 15 is 0 Å². The third-order valence-corrected chi connectivity index (χ3v) is 2.71. The van der Waals surface area contributed by atoms with E-state index in [1.165, 1.54) is 12.1 Å². The van der Waals surface area contributed by atoms with E-state index in [1.54, 1.807) is 17.8 Å². The van der Waals surface area contributed by atoms with Crippen molar-refractivity contribution in [3.05, 3.63) is 24.0 Å². The normalized spacial score (nSPS) is 10.2. The first-order valence-corrected chi connectivity index (χ1v) is 4.90. The maximum absolute atomic E-state index is 12.7. The second-order valence-electron chi connectivity index (χ2n) is 2.53. The number of benzene rings is 1. The number of nitrogen functional groups attached to an aromatic ring is 1. The molecule has 0 saturated heterocycles. The predicted octanol–water partition coefficient (Wildman–Crippen LogP) is 2.91. The van der Waals surface area contributed by atoms with Gasteiger partial charge in [-0.15, -0.1) is 11.8 Å². The Kier molecular flexibility index (Phi) is 3.41. The van der Waals surface area contributed by atoms with Crippen LogP contribution in [-0.4, -0.2) is 5.75 Å². The van der Waals surface area contributed by atoms with Gasteiger partial charge in [-0.25, -0.2) is 4.39 Å². The van der Waals surface area contributed by atoms with E-state index in [9.17, 15) is 4.39 Å². The molecule has 0 atom stereocenters. The molecule has 0 spiro atoms. The van der Waals surface area contributed by atoms with Gasteiger partial charge in [-0.3, -0.25) is 0 Å². The van der Waals surface area contributed by atoms with Gasteiger partial charge in [-0.05, 0) is 30.4 Å². The van der Waals surface area contributed by atoms with Gasteiger partial charge in [-0.2, -0.15) is 0 Å². The number of rotatable bonds is 3. The largest absolute Gasteiger partial charge is 0.398 e. The third-order valence-electron chi connectivity index (χ3n) is 1.44. The van der Waals surface area contributed by atoms with Crippen LogP contribution in [0.5, 0.6) is 0 Å². The Bertz CT molecular complexity index is 263. The highest BCUT2D eigenvalue weighted by Crippen LogP contribution is 2.25. The quantitative estimate of drug-likeness (QED) is 0.578. The monoisotopic (exact) mass is 185 g/mol. The van der Waals surface area contributed by atoms with Gasteiger partial charge in [0, 0.05) is 10.6 Å². The molecule has 66 valence electrons. The third kappa shape index (κ3) is 2.41. The van der Waals surface area contributed by atoms with Crippen molar-refractivity contribution in [2.24, 2.45) is 0 Å². The zero-order chi connectivity index (χ0) is 8.97. The molecule has 3 heteroatoms. The fraction of sp³-hybridized carbons (Fsp3) is 0.333.